The van der Waals surface area contributed by atoms with Gasteiger partial charge in [-0.2, -0.15) is 0 Å². The molecular weight excluding hydrogens is 610 g/mol. The standard InChI is InChI=1S/C35H41NO11/c1-15(2)33(41)35(42)13-18-25(31(40)27-26(29(18)38)28(37)17-8-6-9-20(43-4)24(17)30(27)39)22(14-35)46-23-12-19-32(16(3)45-23)47-34-21(44-5)10-7-11-36(19)34/h6,8-9,15-16,19,21-23,32,34,38,40,42H,7,10-14H2,1-5H3/t16-,19?,21-,22-,23-,32+,34+,35-/m0/s1. The van der Waals surface area contributed by atoms with Gasteiger partial charge in [0.05, 0.1) is 42.1 Å². The summed E-state index contributed by atoms with van der Waals surface area (Å²) in [7, 11) is 3.05. The van der Waals surface area contributed by atoms with E-state index in [2.05, 4.69) is 4.90 Å². The van der Waals surface area contributed by atoms with Crippen LogP contribution >= 0.6 is 0 Å². The van der Waals surface area contributed by atoms with Crippen molar-refractivity contribution in [3.8, 4) is 17.2 Å². The smallest absolute Gasteiger partial charge is 0.202 e. The predicted molar refractivity (Wildman–Crippen MR) is 165 cm³/mol. The van der Waals surface area contributed by atoms with E-state index in [0.717, 1.165) is 19.4 Å². The summed E-state index contributed by atoms with van der Waals surface area (Å²) in [4.78, 5) is 43.5. The van der Waals surface area contributed by atoms with Gasteiger partial charge in [0.25, 0.3) is 0 Å². The Balaban J connectivity index is 1.30. The molecule has 0 radical (unpaired) electrons. The molecule has 47 heavy (non-hydrogen) atoms. The molecule has 2 aromatic carbocycles. The molecule has 2 aromatic rings. The molecule has 8 atom stereocenters. The Morgan fingerprint density at radius 3 is 2.51 bits per heavy atom. The molecule has 252 valence electrons. The van der Waals surface area contributed by atoms with Crippen LogP contribution in [-0.2, 0) is 30.2 Å². The van der Waals surface area contributed by atoms with Crippen LogP contribution in [0.3, 0.4) is 0 Å². The number of phenolic OH excluding ortho intramolecular Hbond substituents is 2. The van der Waals surface area contributed by atoms with Crippen molar-refractivity contribution >= 4 is 17.3 Å². The topological polar surface area (TPSA) is 161 Å². The maximum absolute atomic E-state index is 14.0. The molecule has 5 aliphatic rings. The van der Waals surface area contributed by atoms with E-state index in [9.17, 15) is 29.7 Å². The lowest BCUT2D eigenvalue weighted by Gasteiger charge is -2.43. The van der Waals surface area contributed by atoms with Crippen LogP contribution in [0.5, 0.6) is 17.2 Å². The lowest BCUT2D eigenvalue weighted by atomic mass is 9.70. The SMILES string of the molecule is COc1cccc2c1C(=O)c1c(O)c3c(c(O)c1C2=O)C[C@@](O)(C(=O)C(C)C)C[C@@H]3O[C@H]1CC2[C@H](O[C@@H]3[C@@H](OC)CCCN23)[C@H](C)O1. The number of carbonyl (C=O) groups excluding carboxylic acids is 3. The Labute approximate surface area is 272 Å². The summed E-state index contributed by atoms with van der Waals surface area (Å²) in [6.07, 6.45) is -1.33. The Kier molecular flexibility index (Phi) is 7.97. The van der Waals surface area contributed by atoms with E-state index in [1.165, 1.54) is 19.2 Å². The van der Waals surface area contributed by atoms with Crippen LogP contribution < -0.4 is 4.74 Å². The zero-order valence-electron chi connectivity index (χ0n) is 27.1. The second kappa shape index (κ2) is 11.6. The van der Waals surface area contributed by atoms with Crippen molar-refractivity contribution in [3.63, 3.8) is 0 Å². The molecule has 3 N–H and O–H groups in total. The highest BCUT2D eigenvalue weighted by atomic mass is 16.7. The zero-order valence-corrected chi connectivity index (χ0v) is 27.1. The first-order valence-electron chi connectivity index (χ1n) is 16.3. The van der Waals surface area contributed by atoms with E-state index in [0.29, 0.717) is 6.42 Å². The van der Waals surface area contributed by atoms with Gasteiger partial charge < -0.3 is 39.0 Å². The van der Waals surface area contributed by atoms with E-state index in [1.807, 2.05) is 6.92 Å². The molecule has 12 heteroatoms. The number of phenols is 2. The summed E-state index contributed by atoms with van der Waals surface area (Å²) in [5, 5.41) is 35.4. The molecule has 12 nitrogen and oxygen atoms in total. The fourth-order valence-electron chi connectivity index (χ4n) is 8.45. The number of aromatic hydroxyl groups is 2. The van der Waals surface area contributed by atoms with Crippen molar-refractivity contribution in [3.05, 3.63) is 51.6 Å². The van der Waals surface area contributed by atoms with Gasteiger partial charge in [-0.3, -0.25) is 19.3 Å². The number of hydrogen-bond donors (Lipinski definition) is 3. The first-order valence-corrected chi connectivity index (χ1v) is 16.3. The number of ketones is 3. The minimum atomic E-state index is -1.99. The lowest BCUT2D eigenvalue weighted by Crippen LogP contribution is -2.54. The molecular formula is C35H41NO11. The van der Waals surface area contributed by atoms with Crippen molar-refractivity contribution < 1.29 is 53.4 Å². The van der Waals surface area contributed by atoms with Crippen molar-refractivity contribution in [2.24, 2.45) is 5.92 Å². The number of benzene rings is 2. The van der Waals surface area contributed by atoms with Crippen molar-refractivity contribution in [1.29, 1.82) is 0 Å². The Morgan fingerprint density at radius 2 is 1.81 bits per heavy atom. The maximum Gasteiger partial charge on any atom is 0.202 e. The van der Waals surface area contributed by atoms with E-state index < -0.39 is 52.8 Å². The number of methoxy groups -OCH3 is 2. The van der Waals surface area contributed by atoms with Gasteiger partial charge in [-0.25, -0.2) is 0 Å². The molecule has 3 saturated heterocycles. The number of piperidine rings is 1. The second-order valence-electron chi connectivity index (χ2n) is 13.7. The van der Waals surface area contributed by atoms with Crippen LogP contribution in [-0.4, -0.2) is 101 Å². The Bertz CT molecular complexity index is 1650. The average Bonchev–Trinajstić information content (AvgIpc) is 3.43. The van der Waals surface area contributed by atoms with Crippen molar-refractivity contribution in [1.82, 2.24) is 4.90 Å². The number of carbonyl (C=O) groups is 3. The number of nitrogens with zero attached hydrogens (tertiary/aromatic N) is 1. The maximum atomic E-state index is 14.0. The first-order chi connectivity index (χ1) is 22.4. The van der Waals surface area contributed by atoms with E-state index in [4.69, 9.17) is 23.7 Å². The minimum Gasteiger partial charge on any atom is -0.507 e. The van der Waals surface area contributed by atoms with Gasteiger partial charge in [0.1, 0.15) is 35.2 Å². The third-order valence-electron chi connectivity index (χ3n) is 10.6. The number of hydrogen-bond acceptors (Lipinski definition) is 12. The molecule has 2 aliphatic carbocycles. The zero-order chi connectivity index (χ0) is 33.5. The monoisotopic (exact) mass is 651 g/mol. The molecule has 0 spiro atoms. The summed E-state index contributed by atoms with van der Waals surface area (Å²) >= 11 is 0. The normalized spacial score (nSPS) is 33.1. The van der Waals surface area contributed by atoms with E-state index in [-0.39, 0.29) is 82.6 Å². The van der Waals surface area contributed by atoms with Gasteiger partial charge >= 0.3 is 0 Å². The molecule has 0 aromatic heterocycles. The first kappa shape index (κ1) is 32.2. The van der Waals surface area contributed by atoms with Crippen LogP contribution in [0.15, 0.2) is 18.2 Å². The Hall–Kier alpha value is -3.39. The number of aliphatic hydroxyl groups is 1. The molecule has 1 unspecified atom stereocenters. The average molecular weight is 652 g/mol. The third kappa shape index (κ3) is 4.83. The lowest BCUT2D eigenvalue weighted by molar-refractivity contribution is -0.248. The molecule has 0 saturated carbocycles. The molecule has 7 rings (SSSR count). The largest absolute Gasteiger partial charge is 0.507 e. The summed E-state index contributed by atoms with van der Waals surface area (Å²) in [6, 6.07) is 4.49. The van der Waals surface area contributed by atoms with Gasteiger partial charge in [0.2, 0.25) is 5.78 Å². The quantitative estimate of drug-likeness (QED) is 0.335. The van der Waals surface area contributed by atoms with Crippen LogP contribution in [0.2, 0.25) is 0 Å². The van der Waals surface area contributed by atoms with Crippen molar-refractivity contribution in [2.45, 2.75) is 101 Å². The third-order valence-corrected chi connectivity index (χ3v) is 10.6. The minimum absolute atomic E-state index is 0.0123. The van der Waals surface area contributed by atoms with Gasteiger partial charge in [0.15, 0.2) is 17.9 Å². The summed E-state index contributed by atoms with van der Waals surface area (Å²) in [5.41, 5.74) is -2.74. The van der Waals surface area contributed by atoms with Gasteiger partial charge in [-0.15, -0.1) is 0 Å². The highest BCUT2D eigenvalue weighted by Gasteiger charge is 2.55. The van der Waals surface area contributed by atoms with Crippen LogP contribution in [0.1, 0.15) is 95.5 Å². The second-order valence-corrected chi connectivity index (χ2v) is 13.7. The fourth-order valence-corrected chi connectivity index (χ4v) is 8.45. The molecule has 3 fully saturated rings. The van der Waals surface area contributed by atoms with E-state index >= 15 is 0 Å². The summed E-state index contributed by atoms with van der Waals surface area (Å²) in [5.74, 6) is -3.40. The number of Topliss-reactive ketones (excluding diaryl/α,β-unsaturated/α-hetero) is 1. The molecule has 0 amide bonds. The van der Waals surface area contributed by atoms with Gasteiger partial charge in [-0.1, -0.05) is 26.0 Å². The van der Waals surface area contributed by atoms with Crippen LogP contribution in [0.25, 0.3) is 0 Å². The number of ether oxygens (including phenoxy) is 5. The van der Waals surface area contributed by atoms with Crippen LogP contribution in [0, 0.1) is 5.92 Å². The van der Waals surface area contributed by atoms with Crippen LogP contribution in [0.4, 0.5) is 0 Å². The van der Waals surface area contributed by atoms with Gasteiger partial charge in [-0.05, 0) is 25.8 Å². The summed E-state index contributed by atoms with van der Waals surface area (Å²) in [6.45, 7) is 6.05. The van der Waals surface area contributed by atoms with E-state index in [1.54, 1.807) is 27.0 Å². The van der Waals surface area contributed by atoms with Crippen molar-refractivity contribution in [2.75, 3.05) is 20.8 Å². The molecule has 3 heterocycles. The highest BCUT2D eigenvalue weighted by molar-refractivity contribution is 6.31. The number of fused-ring (bicyclic) bond motifs is 6. The Morgan fingerprint density at radius 1 is 1.06 bits per heavy atom. The van der Waals surface area contributed by atoms with Gasteiger partial charge in [0, 0.05) is 61.6 Å². The number of rotatable bonds is 6. The fraction of sp³-hybridized carbons (Fsp3) is 0.571. The highest BCUT2D eigenvalue weighted by Crippen LogP contribution is 2.53. The molecule has 3 aliphatic heterocycles. The summed E-state index contributed by atoms with van der Waals surface area (Å²) < 4.78 is 30.4. The predicted octanol–water partition coefficient (Wildman–Crippen LogP) is 3.18. The molecule has 0 bridgehead atoms.